The number of carbonyl (C=O) groups is 5. The summed E-state index contributed by atoms with van der Waals surface area (Å²) < 4.78 is 26.2. The van der Waals surface area contributed by atoms with E-state index in [4.69, 9.17) is 18.9 Å². The Labute approximate surface area is 313 Å². The molecule has 0 radical (unpaired) electrons. The molecular weight excluding hydrogens is 688 g/mol. The molecule has 0 bridgehead atoms. The van der Waals surface area contributed by atoms with Crippen molar-refractivity contribution in [1.29, 1.82) is 0 Å². The largest absolute Gasteiger partial charge is 0.521 e. The summed E-state index contributed by atoms with van der Waals surface area (Å²) in [4.78, 5) is 60.5. The highest BCUT2D eigenvalue weighted by atomic mass is 16.7. The minimum Gasteiger partial charge on any atom is -0.462 e. The van der Waals surface area contributed by atoms with Gasteiger partial charge in [0.1, 0.15) is 5.75 Å². The van der Waals surface area contributed by atoms with Crippen LogP contribution in [-0.2, 0) is 35.1 Å². The maximum Gasteiger partial charge on any atom is 0.521 e. The molecule has 10 nitrogen and oxygen atoms in total. The first-order valence-electron chi connectivity index (χ1n) is 16.4. The summed E-state index contributed by atoms with van der Waals surface area (Å²) in [5.74, 6) is 3.24. The SMILES string of the molecule is C=CC(=O)Oc1c(-c2ccc(-c3ccc(OC(=O)OC(=O)C(=C)C)cc3)cc2)ccc(C#Cc2ccc(CCOC(=O)C(=C)C)cc2)c1OC(=O)C(=C)C. The van der Waals surface area contributed by atoms with Crippen molar-refractivity contribution in [3.8, 4) is 51.3 Å². The van der Waals surface area contributed by atoms with E-state index >= 15 is 0 Å². The number of hydrogen-bond donors (Lipinski definition) is 0. The lowest BCUT2D eigenvalue weighted by Crippen LogP contribution is -2.16. The predicted molar refractivity (Wildman–Crippen MR) is 202 cm³/mol. The second kappa shape index (κ2) is 18.3. The fourth-order valence-electron chi connectivity index (χ4n) is 4.53. The van der Waals surface area contributed by atoms with Gasteiger partial charge in [0.05, 0.1) is 12.2 Å². The van der Waals surface area contributed by atoms with Crippen LogP contribution < -0.4 is 14.2 Å². The molecule has 0 aromatic heterocycles. The molecule has 4 aromatic carbocycles. The highest BCUT2D eigenvalue weighted by Gasteiger charge is 2.22. The second-order valence-electron chi connectivity index (χ2n) is 11.9. The van der Waals surface area contributed by atoms with Crippen molar-refractivity contribution >= 4 is 30.0 Å². The van der Waals surface area contributed by atoms with Gasteiger partial charge in [-0.15, -0.1) is 0 Å². The molecule has 0 spiro atoms. The van der Waals surface area contributed by atoms with Crippen LogP contribution in [0.4, 0.5) is 4.79 Å². The zero-order valence-corrected chi connectivity index (χ0v) is 30.0. The Morgan fingerprint density at radius 2 is 1.19 bits per heavy atom. The van der Waals surface area contributed by atoms with Crippen LogP contribution in [0.15, 0.2) is 134 Å². The molecule has 272 valence electrons. The third-order valence-corrected chi connectivity index (χ3v) is 7.40. The van der Waals surface area contributed by atoms with E-state index in [9.17, 15) is 24.0 Å². The lowest BCUT2D eigenvalue weighted by atomic mass is 9.98. The van der Waals surface area contributed by atoms with Crippen molar-refractivity contribution < 1.29 is 47.7 Å². The third-order valence-electron chi connectivity index (χ3n) is 7.40. The quantitative estimate of drug-likeness (QED) is 0.0351. The highest BCUT2D eigenvalue weighted by Crippen LogP contribution is 2.42. The van der Waals surface area contributed by atoms with E-state index < -0.39 is 30.0 Å². The van der Waals surface area contributed by atoms with Gasteiger partial charge in [-0.05, 0) is 79.4 Å². The molecule has 0 saturated heterocycles. The van der Waals surface area contributed by atoms with Gasteiger partial charge < -0.3 is 23.7 Å². The van der Waals surface area contributed by atoms with Crippen molar-refractivity contribution in [1.82, 2.24) is 0 Å². The normalized spacial score (nSPS) is 10.1. The van der Waals surface area contributed by atoms with Crippen LogP contribution in [0.25, 0.3) is 22.3 Å². The third kappa shape index (κ3) is 10.9. The first kappa shape index (κ1) is 39.5. The zero-order valence-electron chi connectivity index (χ0n) is 30.0. The Morgan fingerprint density at radius 1 is 0.611 bits per heavy atom. The van der Waals surface area contributed by atoms with Crippen molar-refractivity contribution in [3.63, 3.8) is 0 Å². The molecule has 4 rings (SSSR count). The average Bonchev–Trinajstić information content (AvgIpc) is 3.15. The van der Waals surface area contributed by atoms with E-state index in [-0.39, 0.29) is 40.6 Å². The van der Waals surface area contributed by atoms with Crippen molar-refractivity contribution in [2.24, 2.45) is 0 Å². The van der Waals surface area contributed by atoms with Gasteiger partial charge in [-0.25, -0.2) is 24.0 Å². The zero-order chi connectivity index (χ0) is 39.4. The van der Waals surface area contributed by atoms with Gasteiger partial charge in [-0.3, -0.25) is 0 Å². The molecule has 0 fully saturated rings. The molecule has 0 atom stereocenters. The first-order valence-corrected chi connectivity index (χ1v) is 16.4. The van der Waals surface area contributed by atoms with Crippen LogP contribution in [0.1, 0.15) is 37.5 Å². The van der Waals surface area contributed by atoms with Gasteiger partial charge in [0.25, 0.3) is 0 Å². The van der Waals surface area contributed by atoms with E-state index in [1.54, 1.807) is 67.6 Å². The van der Waals surface area contributed by atoms with Crippen LogP contribution in [0, 0.1) is 11.8 Å². The van der Waals surface area contributed by atoms with Gasteiger partial charge >= 0.3 is 30.0 Å². The highest BCUT2D eigenvalue weighted by molar-refractivity contribution is 5.94. The first-order chi connectivity index (χ1) is 25.7. The number of ether oxygens (including phenoxy) is 5. The number of carbonyl (C=O) groups excluding carboxylic acids is 5. The molecule has 0 unspecified atom stereocenters. The van der Waals surface area contributed by atoms with E-state index in [0.717, 1.165) is 22.8 Å². The number of benzene rings is 4. The van der Waals surface area contributed by atoms with Crippen LogP contribution in [0.2, 0.25) is 0 Å². The standard InChI is InChI=1S/C44H36O10/c1-8-38(45)52-40-37(34-17-15-32(16-18-34)33-19-22-36(23-20-33)51-44(49)54-43(48)29(6)7)24-21-35(39(40)53-42(47)28(4)5)14-13-30-9-11-31(12-10-30)25-26-50-41(46)27(2)3/h8-12,15-24H,1-2,4,6,25-26H2,3,5,7H3. The smallest absolute Gasteiger partial charge is 0.462 e. The molecule has 0 aliphatic carbocycles. The van der Waals surface area contributed by atoms with E-state index in [2.05, 4.69) is 42.9 Å². The molecular formula is C44H36O10. The van der Waals surface area contributed by atoms with Gasteiger partial charge in [0.2, 0.25) is 0 Å². The number of rotatable bonds is 12. The molecule has 4 aromatic rings. The maximum atomic E-state index is 12.8. The fraction of sp³-hybridized carbons (Fsp3) is 0.114. The summed E-state index contributed by atoms with van der Waals surface area (Å²) in [5.41, 5.74) is 4.97. The van der Waals surface area contributed by atoms with Crippen molar-refractivity contribution in [3.05, 3.63) is 151 Å². The monoisotopic (exact) mass is 724 g/mol. The minimum absolute atomic E-state index is 0.0489. The maximum absolute atomic E-state index is 12.8. The van der Waals surface area contributed by atoms with Crippen LogP contribution in [0.3, 0.4) is 0 Å². The summed E-state index contributed by atoms with van der Waals surface area (Å²) in [7, 11) is 0. The fourth-order valence-corrected chi connectivity index (χ4v) is 4.53. The molecule has 10 heteroatoms. The summed E-state index contributed by atoms with van der Waals surface area (Å²) in [5, 5.41) is 0. The average molecular weight is 725 g/mol. The Kier molecular flexibility index (Phi) is 13.4. The lowest BCUT2D eigenvalue weighted by Gasteiger charge is -2.16. The predicted octanol–water partition coefficient (Wildman–Crippen LogP) is 8.27. The molecule has 0 aliphatic heterocycles. The lowest BCUT2D eigenvalue weighted by molar-refractivity contribution is -0.139. The Balaban J connectivity index is 1.64. The summed E-state index contributed by atoms with van der Waals surface area (Å²) in [6, 6.07) is 24.4. The molecule has 0 N–H and O–H groups in total. The molecule has 0 amide bonds. The molecule has 0 aliphatic rings. The Morgan fingerprint density at radius 3 is 1.76 bits per heavy atom. The summed E-state index contributed by atoms with van der Waals surface area (Å²) >= 11 is 0. The second-order valence-corrected chi connectivity index (χ2v) is 11.9. The van der Waals surface area contributed by atoms with Crippen LogP contribution in [0.5, 0.6) is 17.2 Å². The molecule has 54 heavy (non-hydrogen) atoms. The number of hydrogen-bond acceptors (Lipinski definition) is 10. The van der Waals surface area contributed by atoms with E-state index in [1.807, 2.05) is 24.3 Å². The summed E-state index contributed by atoms with van der Waals surface area (Å²) in [6.45, 7) is 18.8. The van der Waals surface area contributed by atoms with E-state index in [1.165, 1.54) is 13.8 Å². The van der Waals surface area contributed by atoms with E-state index in [0.29, 0.717) is 28.7 Å². The number of esters is 4. The van der Waals surface area contributed by atoms with Gasteiger partial charge in [0.15, 0.2) is 11.5 Å². The Bertz CT molecular complexity index is 2210. The van der Waals surface area contributed by atoms with Crippen molar-refractivity contribution in [2.75, 3.05) is 6.61 Å². The van der Waals surface area contributed by atoms with Crippen molar-refractivity contribution in [2.45, 2.75) is 27.2 Å². The topological polar surface area (TPSA) is 132 Å². The Hall–Kier alpha value is -7.25. The van der Waals surface area contributed by atoms with Gasteiger partial charge in [0, 0.05) is 40.3 Å². The molecule has 0 saturated carbocycles. The summed E-state index contributed by atoms with van der Waals surface area (Å²) in [6.07, 6.45) is 0.320. The van der Waals surface area contributed by atoms with Gasteiger partial charge in [-0.2, -0.15) is 0 Å². The van der Waals surface area contributed by atoms with Gasteiger partial charge in [-0.1, -0.05) is 86.7 Å². The minimum atomic E-state index is -1.18. The molecule has 0 heterocycles. The van der Waals surface area contributed by atoms with Crippen LogP contribution >= 0.6 is 0 Å². The van der Waals surface area contributed by atoms with Crippen LogP contribution in [-0.4, -0.2) is 36.6 Å².